The van der Waals surface area contributed by atoms with Crippen molar-refractivity contribution in [1.82, 2.24) is 9.78 Å². The second kappa shape index (κ2) is 4.31. The highest BCUT2D eigenvalue weighted by Gasteiger charge is 2.20. The van der Waals surface area contributed by atoms with Crippen LogP contribution in [0.5, 0.6) is 0 Å². The molecule has 1 aliphatic heterocycles. The van der Waals surface area contributed by atoms with E-state index in [9.17, 15) is 0 Å². The quantitative estimate of drug-likeness (QED) is 0.823. The molecule has 1 aliphatic rings. The van der Waals surface area contributed by atoms with Crippen molar-refractivity contribution in [3.05, 3.63) is 22.8 Å². The Balaban J connectivity index is 2.10. The lowest BCUT2D eigenvalue weighted by atomic mass is 10.2. The number of rotatable bonds is 1. The van der Waals surface area contributed by atoms with E-state index in [4.69, 9.17) is 10.5 Å². The Morgan fingerprint density at radius 2 is 2.29 bits per heavy atom. The Hall–Kier alpha value is -1.07. The molecule has 2 heterocycles. The van der Waals surface area contributed by atoms with Crippen LogP contribution in [-0.2, 0) is 4.74 Å². The lowest BCUT2D eigenvalue weighted by Gasteiger charge is -2.23. The molecule has 0 spiro atoms. The highest BCUT2D eigenvalue weighted by atomic mass is 79.9. The molecule has 4 nitrogen and oxygen atoms in total. The number of fused-ring (bicyclic) bond motifs is 1. The van der Waals surface area contributed by atoms with E-state index >= 15 is 0 Å². The van der Waals surface area contributed by atoms with E-state index in [1.54, 1.807) is 0 Å². The fraction of sp³-hybridized carbons (Fsp3) is 0.417. The molecule has 0 aliphatic carbocycles. The largest absolute Gasteiger partial charge is 0.399 e. The molecule has 17 heavy (non-hydrogen) atoms. The molecule has 90 valence electrons. The molecule has 0 unspecified atom stereocenters. The molecule has 0 bridgehead atoms. The van der Waals surface area contributed by atoms with Crippen molar-refractivity contribution in [3.8, 4) is 0 Å². The summed E-state index contributed by atoms with van der Waals surface area (Å²) in [5.41, 5.74) is 7.61. The predicted molar refractivity (Wildman–Crippen MR) is 70.7 cm³/mol. The minimum Gasteiger partial charge on any atom is -0.399 e. The van der Waals surface area contributed by atoms with Gasteiger partial charge in [0.2, 0.25) is 0 Å². The molecular formula is C12H14BrN3O. The van der Waals surface area contributed by atoms with Crippen molar-refractivity contribution >= 4 is 32.5 Å². The third-order valence-corrected chi connectivity index (χ3v) is 3.70. The van der Waals surface area contributed by atoms with Crippen LogP contribution in [0.2, 0.25) is 0 Å². The van der Waals surface area contributed by atoms with Crippen molar-refractivity contribution in [1.29, 1.82) is 0 Å². The number of aromatic nitrogens is 2. The highest BCUT2D eigenvalue weighted by molar-refractivity contribution is 9.10. The second-order valence-electron chi connectivity index (χ2n) is 4.33. The molecule has 5 heteroatoms. The van der Waals surface area contributed by atoms with E-state index in [1.807, 2.05) is 22.9 Å². The standard InChI is InChI=1S/C12H14BrN3O/c13-12-9-7-8(14)4-5-10(9)16(15-12)11-3-1-2-6-17-11/h4-5,7,11H,1-3,6,14H2/t11-/m1/s1. The summed E-state index contributed by atoms with van der Waals surface area (Å²) >= 11 is 3.48. The van der Waals surface area contributed by atoms with Crippen LogP contribution in [0.1, 0.15) is 25.5 Å². The van der Waals surface area contributed by atoms with Crippen LogP contribution in [0.3, 0.4) is 0 Å². The summed E-state index contributed by atoms with van der Waals surface area (Å²) in [7, 11) is 0. The lowest BCUT2D eigenvalue weighted by Crippen LogP contribution is -2.19. The van der Waals surface area contributed by atoms with Gasteiger partial charge in [0, 0.05) is 17.7 Å². The van der Waals surface area contributed by atoms with Crippen molar-refractivity contribution < 1.29 is 4.74 Å². The molecule has 1 fully saturated rings. The second-order valence-corrected chi connectivity index (χ2v) is 5.08. The summed E-state index contributed by atoms with van der Waals surface area (Å²) in [4.78, 5) is 0. The maximum atomic E-state index is 5.79. The van der Waals surface area contributed by atoms with Gasteiger partial charge in [-0.05, 0) is 53.4 Å². The van der Waals surface area contributed by atoms with E-state index in [2.05, 4.69) is 21.0 Å². The Labute approximate surface area is 108 Å². The van der Waals surface area contributed by atoms with E-state index < -0.39 is 0 Å². The first-order valence-corrected chi connectivity index (χ1v) is 6.60. The van der Waals surface area contributed by atoms with Crippen LogP contribution in [0.25, 0.3) is 10.9 Å². The maximum absolute atomic E-state index is 5.79. The zero-order chi connectivity index (χ0) is 11.8. The fourth-order valence-electron chi connectivity index (χ4n) is 2.26. The molecule has 1 aromatic carbocycles. The highest BCUT2D eigenvalue weighted by Crippen LogP contribution is 2.31. The van der Waals surface area contributed by atoms with Gasteiger partial charge in [-0.25, -0.2) is 4.68 Å². The molecule has 1 atom stereocenters. The van der Waals surface area contributed by atoms with Crippen LogP contribution in [0.4, 0.5) is 5.69 Å². The topological polar surface area (TPSA) is 53.1 Å². The van der Waals surface area contributed by atoms with Crippen LogP contribution in [0, 0.1) is 0 Å². The monoisotopic (exact) mass is 295 g/mol. The van der Waals surface area contributed by atoms with Gasteiger partial charge in [-0.1, -0.05) is 0 Å². The maximum Gasteiger partial charge on any atom is 0.150 e. The van der Waals surface area contributed by atoms with E-state index in [-0.39, 0.29) is 6.23 Å². The molecule has 0 radical (unpaired) electrons. The molecule has 2 aromatic rings. The van der Waals surface area contributed by atoms with Crippen LogP contribution < -0.4 is 5.73 Å². The predicted octanol–water partition coefficient (Wildman–Crippen LogP) is 3.08. The summed E-state index contributed by atoms with van der Waals surface area (Å²) in [6.07, 6.45) is 3.41. The smallest absolute Gasteiger partial charge is 0.150 e. The number of nitrogens with two attached hydrogens (primary N) is 1. The van der Waals surface area contributed by atoms with Gasteiger partial charge in [0.25, 0.3) is 0 Å². The molecule has 2 N–H and O–H groups in total. The number of hydrogen-bond acceptors (Lipinski definition) is 3. The van der Waals surface area contributed by atoms with Gasteiger partial charge in [0.1, 0.15) is 4.60 Å². The van der Waals surface area contributed by atoms with Crippen LogP contribution in [0.15, 0.2) is 22.8 Å². The fourth-order valence-corrected chi connectivity index (χ4v) is 2.75. The summed E-state index contributed by atoms with van der Waals surface area (Å²) in [6.45, 7) is 0.818. The number of anilines is 1. The Morgan fingerprint density at radius 1 is 1.41 bits per heavy atom. The molecule has 0 amide bonds. The summed E-state index contributed by atoms with van der Waals surface area (Å²) < 4.78 is 8.55. The van der Waals surface area contributed by atoms with Gasteiger partial charge >= 0.3 is 0 Å². The van der Waals surface area contributed by atoms with Gasteiger partial charge in [0.05, 0.1) is 5.52 Å². The van der Waals surface area contributed by atoms with Crippen molar-refractivity contribution in [2.45, 2.75) is 25.5 Å². The van der Waals surface area contributed by atoms with E-state index in [0.717, 1.165) is 40.6 Å². The number of hydrogen-bond donors (Lipinski definition) is 1. The summed E-state index contributed by atoms with van der Waals surface area (Å²) in [5, 5.41) is 5.55. The molecular weight excluding hydrogens is 282 g/mol. The third-order valence-electron chi connectivity index (χ3n) is 3.11. The first kappa shape index (κ1) is 11.0. The molecule has 1 aromatic heterocycles. The Kier molecular flexibility index (Phi) is 2.80. The number of nitrogens with zero attached hydrogens (tertiary/aromatic N) is 2. The SMILES string of the molecule is Nc1ccc2c(c1)c(Br)nn2[C@H]1CCCCO1. The minimum atomic E-state index is 0.0566. The first-order valence-electron chi connectivity index (χ1n) is 5.80. The van der Waals surface area contributed by atoms with Crippen molar-refractivity contribution in [2.24, 2.45) is 0 Å². The number of halogens is 1. The average Bonchev–Trinajstić information content (AvgIpc) is 2.68. The minimum absolute atomic E-state index is 0.0566. The van der Waals surface area contributed by atoms with Gasteiger partial charge < -0.3 is 10.5 Å². The van der Waals surface area contributed by atoms with Gasteiger partial charge in [0.15, 0.2) is 6.23 Å². The molecule has 1 saturated heterocycles. The summed E-state index contributed by atoms with van der Waals surface area (Å²) in [5.74, 6) is 0. The van der Waals surface area contributed by atoms with E-state index in [1.165, 1.54) is 6.42 Å². The third kappa shape index (κ3) is 1.93. The molecule has 0 saturated carbocycles. The first-order chi connectivity index (χ1) is 8.25. The van der Waals surface area contributed by atoms with Gasteiger partial charge in [-0.2, -0.15) is 5.10 Å². The number of benzene rings is 1. The normalized spacial score (nSPS) is 20.9. The van der Waals surface area contributed by atoms with Crippen molar-refractivity contribution in [3.63, 3.8) is 0 Å². The Morgan fingerprint density at radius 3 is 3.06 bits per heavy atom. The Bertz CT molecular complexity index is 546. The molecule has 3 rings (SSSR count). The zero-order valence-electron chi connectivity index (χ0n) is 9.40. The van der Waals surface area contributed by atoms with Gasteiger partial charge in [-0.15, -0.1) is 0 Å². The lowest BCUT2D eigenvalue weighted by molar-refractivity contribution is -0.0368. The van der Waals surface area contributed by atoms with Crippen molar-refractivity contribution in [2.75, 3.05) is 12.3 Å². The number of ether oxygens (including phenoxy) is 1. The van der Waals surface area contributed by atoms with E-state index in [0.29, 0.717) is 0 Å². The average molecular weight is 296 g/mol. The van der Waals surface area contributed by atoms with Gasteiger partial charge in [-0.3, -0.25) is 0 Å². The van der Waals surface area contributed by atoms with Crippen LogP contribution in [-0.4, -0.2) is 16.4 Å². The number of nitrogen functional groups attached to an aromatic ring is 1. The zero-order valence-corrected chi connectivity index (χ0v) is 11.0. The summed E-state index contributed by atoms with van der Waals surface area (Å²) in [6, 6.07) is 5.84. The van der Waals surface area contributed by atoms with Crippen LogP contribution >= 0.6 is 15.9 Å².